The van der Waals surface area contributed by atoms with Gasteiger partial charge in [0.1, 0.15) is 5.60 Å². The number of rotatable bonds is 7. The quantitative estimate of drug-likeness (QED) is 0.210. The third-order valence-corrected chi connectivity index (χ3v) is 7.72. The molecule has 1 saturated heterocycles. The van der Waals surface area contributed by atoms with Crippen LogP contribution in [0.25, 0.3) is 10.9 Å². The van der Waals surface area contributed by atoms with Crippen LogP contribution in [0.4, 0.5) is 16.2 Å². The molecule has 0 atom stereocenters. The highest BCUT2D eigenvalue weighted by Crippen LogP contribution is 2.32. The number of methoxy groups -OCH3 is 1. The number of hydrogen-bond acceptors (Lipinski definition) is 8. The van der Waals surface area contributed by atoms with E-state index in [1.54, 1.807) is 35.0 Å². The molecule has 2 amide bonds. The van der Waals surface area contributed by atoms with Crippen molar-refractivity contribution < 1.29 is 29.0 Å². The van der Waals surface area contributed by atoms with Crippen molar-refractivity contribution in [3.63, 3.8) is 0 Å². The summed E-state index contributed by atoms with van der Waals surface area (Å²) in [4.78, 5) is 50.8. The number of amides is 2. The standard InChI is InChI=1S/C35H39N5O6/c1-35(2,3)46-34(44)40-19-17-39(18-20-40)22-29(41)38(4)26-14-12-25(13-15-26)36-31(23-9-7-6-8-10-23)30-27-16-11-24(33(43)45-5)21-28(27)37-32(30)42/h6-16,21,37,42H,17-20,22H2,1-5H3. The Balaban J connectivity index is 1.32. The molecular formula is C35H39N5O6. The number of carbonyl (C=O) groups excluding carboxylic acids is 3. The minimum Gasteiger partial charge on any atom is -0.494 e. The Bertz CT molecular complexity index is 1750. The van der Waals surface area contributed by atoms with E-state index in [0.717, 1.165) is 5.56 Å². The molecule has 5 rings (SSSR count). The summed E-state index contributed by atoms with van der Waals surface area (Å²) in [6.45, 7) is 7.93. The maximum Gasteiger partial charge on any atom is 0.410 e. The second-order valence-electron chi connectivity index (χ2n) is 12.1. The van der Waals surface area contributed by atoms with Crippen molar-refractivity contribution >= 4 is 46.0 Å². The van der Waals surface area contributed by atoms with Crippen LogP contribution in [-0.4, -0.2) is 96.1 Å². The smallest absolute Gasteiger partial charge is 0.410 e. The van der Waals surface area contributed by atoms with Gasteiger partial charge in [0.05, 0.1) is 36.2 Å². The fourth-order valence-electron chi connectivity index (χ4n) is 5.26. The summed E-state index contributed by atoms with van der Waals surface area (Å²) in [6.07, 6.45) is -0.332. The molecule has 1 aliphatic rings. The van der Waals surface area contributed by atoms with Gasteiger partial charge in [-0.1, -0.05) is 36.4 Å². The average Bonchev–Trinajstić information content (AvgIpc) is 3.37. The predicted molar refractivity (Wildman–Crippen MR) is 177 cm³/mol. The number of carbonyl (C=O) groups is 3. The number of H-pyrrole nitrogens is 1. The van der Waals surface area contributed by atoms with Gasteiger partial charge in [-0.15, -0.1) is 0 Å². The molecule has 0 spiro atoms. The van der Waals surface area contributed by atoms with E-state index in [1.807, 2.05) is 80.3 Å². The number of ether oxygens (including phenoxy) is 2. The van der Waals surface area contributed by atoms with Crippen molar-refractivity contribution in [2.24, 2.45) is 4.99 Å². The third-order valence-electron chi connectivity index (χ3n) is 7.72. The monoisotopic (exact) mass is 625 g/mol. The SMILES string of the molecule is COC(=O)c1ccc2c(C(=Nc3ccc(N(C)C(=O)CN4CCN(C(=O)OC(C)(C)C)CC4)cc3)c3ccccc3)c(O)[nH]c2c1. The van der Waals surface area contributed by atoms with E-state index in [1.165, 1.54) is 7.11 Å². The molecular weight excluding hydrogens is 586 g/mol. The zero-order valence-corrected chi connectivity index (χ0v) is 26.7. The van der Waals surface area contributed by atoms with Crippen LogP contribution in [0.15, 0.2) is 77.8 Å². The number of esters is 1. The van der Waals surface area contributed by atoms with Crippen LogP contribution in [0.5, 0.6) is 5.88 Å². The number of aliphatic imine (C=N–C) groups is 1. The number of aromatic hydroxyl groups is 1. The molecule has 3 aromatic carbocycles. The zero-order valence-electron chi connectivity index (χ0n) is 26.7. The summed E-state index contributed by atoms with van der Waals surface area (Å²) in [6, 6.07) is 21.9. The summed E-state index contributed by atoms with van der Waals surface area (Å²) in [5.74, 6) is -0.616. The van der Waals surface area contributed by atoms with Crippen LogP contribution in [0.1, 0.15) is 42.3 Å². The van der Waals surface area contributed by atoms with E-state index < -0.39 is 11.6 Å². The van der Waals surface area contributed by atoms with Crippen molar-refractivity contribution in [3.05, 3.63) is 89.5 Å². The van der Waals surface area contributed by atoms with Gasteiger partial charge in [-0.3, -0.25) is 9.69 Å². The highest BCUT2D eigenvalue weighted by Gasteiger charge is 2.27. The van der Waals surface area contributed by atoms with Crippen LogP contribution < -0.4 is 4.90 Å². The fourth-order valence-corrected chi connectivity index (χ4v) is 5.26. The molecule has 1 fully saturated rings. The van der Waals surface area contributed by atoms with Gasteiger partial charge in [0.15, 0.2) is 5.88 Å². The minimum absolute atomic E-state index is 0.0676. The lowest BCUT2D eigenvalue weighted by Crippen LogP contribution is -2.52. The highest BCUT2D eigenvalue weighted by molar-refractivity contribution is 6.22. The Morgan fingerprint density at radius 2 is 1.61 bits per heavy atom. The number of nitrogens with one attached hydrogen (secondary N) is 1. The van der Waals surface area contributed by atoms with Crippen molar-refractivity contribution in [2.75, 3.05) is 51.8 Å². The first kappa shape index (κ1) is 32.2. The van der Waals surface area contributed by atoms with Crippen molar-refractivity contribution in [2.45, 2.75) is 26.4 Å². The number of piperazine rings is 1. The number of aromatic amines is 1. The zero-order chi connectivity index (χ0) is 33.0. The van der Waals surface area contributed by atoms with Gasteiger partial charge in [0.25, 0.3) is 0 Å². The van der Waals surface area contributed by atoms with E-state index in [0.29, 0.717) is 65.3 Å². The molecule has 1 aliphatic heterocycles. The van der Waals surface area contributed by atoms with Gasteiger partial charge in [0.2, 0.25) is 5.91 Å². The number of fused-ring (bicyclic) bond motifs is 1. The van der Waals surface area contributed by atoms with Crippen molar-refractivity contribution in [3.8, 4) is 5.88 Å². The summed E-state index contributed by atoms with van der Waals surface area (Å²) in [5, 5.41) is 11.7. The van der Waals surface area contributed by atoms with Gasteiger partial charge in [-0.25, -0.2) is 14.6 Å². The molecule has 2 N–H and O–H groups in total. The first-order valence-corrected chi connectivity index (χ1v) is 15.1. The highest BCUT2D eigenvalue weighted by atomic mass is 16.6. The Morgan fingerprint density at radius 1 is 0.935 bits per heavy atom. The Labute approximate surface area is 268 Å². The van der Waals surface area contributed by atoms with E-state index in [-0.39, 0.29) is 24.4 Å². The predicted octanol–water partition coefficient (Wildman–Crippen LogP) is 5.34. The molecule has 0 radical (unpaired) electrons. The summed E-state index contributed by atoms with van der Waals surface area (Å²) in [7, 11) is 3.06. The summed E-state index contributed by atoms with van der Waals surface area (Å²) < 4.78 is 10.3. The molecule has 0 aliphatic carbocycles. The van der Waals surface area contributed by atoms with Gasteiger partial charge in [-0.05, 0) is 57.2 Å². The lowest BCUT2D eigenvalue weighted by atomic mass is 10.00. The normalized spacial score (nSPS) is 14.3. The Hall–Kier alpha value is -5.16. The van der Waals surface area contributed by atoms with Crippen LogP contribution in [0.2, 0.25) is 0 Å². The van der Waals surface area contributed by atoms with E-state index in [2.05, 4.69) is 4.98 Å². The lowest BCUT2D eigenvalue weighted by molar-refractivity contribution is -0.119. The van der Waals surface area contributed by atoms with E-state index in [9.17, 15) is 19.5 Å². The number of benzene rings is 3. The first-order valence-electron chi connectivity index (χ1n) is 15.1. The Kier molecular flexibility index (Phi) is 9.43. The molecule has 1 aromatic heterocycles. The Morgan fingerprint density at radius 3 is 2.24 bits per heavy atom. The fraction of sp³-hybridized carbons (Fsp3) is 0.314. The van der Waals surface area contributed by atoms with Gasteiger partial charge < -0.3 is 29.4 Å². The first-order chi connectivity index (χ1) is 21.9. The largest absolute Gasteiger partial charge is 0.494 e. The number of likely N-dealkylation sites (N-methyl/N-ethyl adjacent to an activating group) is 1. The molecule has 0 saturated carbocycles. The van der Waals surface area contributed by atoms with Crippen molar-refractivity contribution in [1.29, 1.82) is 0 Å². The second-order valence-corrected chi connectivity index (χ2v) is 12.1. The molecule has 0 bridgehead atoms. The van der Waals surface area contributed by atoms with Crippen LogP contribution in [0, 0.1) is 0 Å². The lowest BCUT2D eigenvalue weighted by Gasteiger charge is -2.35. The molecule has 2 heterocycles. The van der Waals surface area contributed by atoms with Gasteiger partial charge in [0, 0.05) is 55.4 Å². The topological polar surface area (TPSA) is 128 Å². The maximum atomic E-state index is 13.2. The van der Waals surface area contributed by atoms with Crippen LogP contribution >= 0.6 is 0 Å². The molecule has 4 aromatic rings. The van der Waals surface area contributed by atoms with E-state index >= 15 is 0 Å². The molecule has 240 valence electrons. The molecule has 0 unspecified atom stereocenters. The van der Waals surface area contributed by atoms with Gasteiger partial charge >= 0.3 is 12.1 Å². The number of aromatic nitrogens is 1. The molecule has 46 heavy (non-hydrogen) atoms. The second kappa shape index (κ2) is 13.5. The van der Waals surface area contributed by atoms with Crippen LogP contribution in [0.3, 0.4) is 0 Å². The van der Waals surface area contributed by atoms with Crippen molar-refractivity contribution in [1.82, 2.24) is 14.8 Å². The summed E-state index contributed by atoms with van der Waals surface area (Å²) >= 11 is 0. The third kappa shape index (κ3) is 7.37. The average molecular weight is 626 g/mol. The number of hydrogen-bond donors (Lipinski definition) is 2. The minimum atomic E-state index is -0.549. The number of nitrogens with zero attached hydrogens (tertiary/aromatic N) is 4. The molecule has 11 heteroatoms. The summed E-state index contributed by atoms with van der Waals surface area (Å²) in [5.41, 5.74) is 3.55. The van der Waals surface area contributed by atoms with Gasteiger partial charge in [-0.2, -0.15) is 0 Å². The van der Waals surface area contributed by atoms with Crippen LogP contribution in [-0.2, 0) is 14.3 Å². The molecule has 11 nitrogen and oxygen atoms in total. The number of anilines is 1. The maximum absolute atomic E-state index is 13.2. The van der Waals surface area contributed by atoms with E-state index in [4.69, 9.17) is 14.5 Å².